The Morgan fingerprint density at radius 2 is 1.36 bits per heavy atom. The van der Waals surface area contributed by atoms with Gasteiger partial charge in [0.2, 0.25) is 0 Å². The van der Waals surface area contributed by atoms with E-state index in [9.17, 15) is 26.4 Å². The quantitative estimate of drug-likeness (QED) is 0.227. The van der Waals surface area contributed by atoms with E-state index in [1.165, 1.54) is 0 Å². The van der Waals surface area contributed by atoms with E-state index in [0.29, 0.717) is 11.1 Å². The summed E-state index contributed by atoms with van der Waals surface area (Å²) in [6, 6.07) is 16.4. The molecule has 5 nitrogen and oxygen atoms in total. The molecule has 0 saturated heterocycles. The van der Waals surface area contributed by atoms with Crippen molar-refractivity contribution < 1.29 is 35.3 Å². The molecule has 0 amide bonds. The molecule has 0 atom stereocenters. The van der Waals surface area contributed by atoms with Gasteiger partial charge in [-0.1, -0.05) is 60.7 Å². The maximum absolute atomic E-state index is 12.9. The smallest absolute Gasteiger partial charge is 0.466 e. The Labute approximate surface area is 160 Å². The minimum Gasteiger partial charge on any atom is -0.466 e. The van der Waals surface area contributed by atoms with Gasteiger partial charge in [0, 0.05) is 12.8 Å². The minimum atomic E-state index is -5.96. The molecule has 0 aromatic heterocycles. The van der Waals surface area contributed by atoms with Gasteiger partial charge in [0.25, 0.3) is 0 Å². The molecule has 150 valence electrons. The lowest BCUT2D eigenvalue weighted by Crippen LogP contribution is -2.27. The Morgan fingerprint density at radius 3 is 1.79 bits per heavy atom. The molecule has 2 aromatic carbocycles. The second kappa shape index (κ2) is 8.92. The van der Waals surface area contributed by atoms with Gasteiger partial charge in [-0.05, 0) is 11.1 Å². The van der Waals surface area contributed by atoms with Crippen molar-refractivity contribution in [3.63, 3.8) is 0 Å². The normalized spacial score (nSPS) is 12.9. The number of carbonyl (C=O) groups excluding carboxylic acids is 1. The fourth-order valence-electron chi connectivity index (χ4n) is 2.36. The lowest BCUT2D eigenvalue weighted by molar-refractivity contribution is -0.136. The first-order valence-corrected chi connectivity index (χ1v) is 9.44. The van der Waals surface area contributed by atoms with Gasteiger partial charge >= 0.3 is 21.6 Å². The number of methoxy groups -OCH3 is 1. The van der Waals surface area contributed by atoms with E-state index in [-0.39, 0.29) is 18.4 Å². The first-order valence-electron chi connectivity index (χ1n) is 8.03. The molecular weight excluding hydrogens is 397 g/mol. The van der Waals surface area contributed by atoms with Gasteiger partial charge in [-0.2, -0.15) is 21.6 Å². The second-order valence-corrected chi connectivity index (χ2v) is 7.24. The fourth-order valence-corrected chi connectivity index (χ4v) is 2.87. The Balaban J connectivity index is 2.56. The van der Waals surface area contributed by atoms with E-state index in [0.717, 1.165) is 7.11 Å². The van der Waals surface area contributed by atoms with E-state index >= 15 is 0 Å². The zero-order chi connectivity index (χ0) is 20.8. The van der Waals surface area contributed by atoms with Crippen LogP contribution in [0.15, 0.2) is 72.0 Å². The van der Waals surface area contributed by atoms with Crippen LogP contribution in [-0.2, 0) is 36.7 Å². The minimum absolute atomic E-state index is 0.164. The average Bonchev–Trinajstić information content (AvgIpc) is 2.65. The lowest BCUT2D eigenvalue weighted by Gasteiger charge is -2.16. The fraction of sp³-hybridized carbons (Fsp3) is 0.211. The van der Waals surface area contributed by atoms with Crippen molar-refractivity contribution in [1.29, 1.82) is 0 Å². The average molecular weight is 414 g/mol. The summed E-state index contributed by atoms with van der Waals surface area (Å²) >= 11 is 0. The van der Waals surface area contributed by atoms with Crippen molar-refractivity contribution in [3.05, 3.63) is 83.1 Å². The maximum Gasteiger partial charge on any atom is 0.534 e. The standard InChI is InChI=1S/C19H17F3O5S/c1-26-18(23)16(12-14-8-4-2-5-9-14)17(13-15-10-6-3-7-11-15)27-28(24,25)19(20,21)22/h2-11H,12-13H2,1H3/b17-16+. The summed E-state index contributed by atoms with van der Waals surface area (Å²) < 4.78 is 70.8. The van der Waals surface area contributed by atoms with Gasteiger partial charge in [0.05, 0.1) is 12.7 Å². The van der Waals surface area contributed by atoms with Crippen molar-refractivity contribution in [2.75, 3.05) is 7.11 Å². The number of alkyl halides is 3. The highest BCUT2D eigenvalue weighted by atomic mass is 32.2. The Kier molecular flexibility index (Phi) is 6.85. The van der Waals surface area contributed by atoms with Gasteiger partial charge < -0.3 is 8.92 Å². The Morgan fingerprint density at radius 1 is 0.893 bits per heavy atom. The molecule has 28 heavy (non-hydrogen) atoms. The third kappa shape index (κ3) is 5.59. The summed E-state index contributed by atoms with van der Waals surface area (Å²) in [6.07, 6.45) is -0.503. The van der Waals surface area contributed by atoms with Crippen LogP contribution >= 0.6 is 0 Å². The molecular formula is C19H17F3O5S. The van der Waals surface area contributed by atoms with Crippen molar-refractivity contribution >= 4 is 16.1 Å². The predicted molar refractivity (Wildman–Crippen MR) is 95.4 cm³/mol. The van der Waals surface area contributed by atoms with Crippen molar-refractivity contribution in [3.8, 4) is 0 Å². The summed E-state index contributed by atoms with van der Waals surface area (Å²) in [6.45, 7) is 0. The summed E-state index contributed by atoms with van der Waals surface area (Å²) in [5.74, 6) is -1.62. The molecule has 0 aliphatic heterocycles. The van der Waals surface area contributed by atoms with Crippen LogP contribution in [-0.4, -0.2) is 27.0 Å². The van der Waals surface area contributed by atoms with Crippen molar-refractivity contribution in [2.24, 2.45) is 0 Å². The number of carbonyl (C=O) groups is 1. The number of rotatable bonds is 7. The van der Waals surface area contributed by atoms with Crippen LogP contribution in [0.4, 0.5) is 13.2 Å². The van der Waals surface area contributed by atoms with E-state index in [2.05, 4.69) is 8.92 Å². The van der Waals surface area contributed by atoms with E-state index in [4.69, 9.17) is 0 Å². The van der Waals surface area contributed by atoms with Crippen LogP contribution in [0.1, 0.15) is 11.1 Å². The number of allylic oxidation sites excluding steroid dienone is 1. The number of halogens is 3. The topological polar surface area (TPSA) is 69.7 Å². The first kappa shape index (κ1) is 21.5. The molecule has 0 unspecified atom stereocenters. The Bertz CT molecular complexity index is 937. The molecule has 0 aliphatic carbocycles. The van der Waals surface area contributed by atoms with Crippen LogP contribution in [0.25, 0.3) is 0 Å². The number of esters is 1. The number of hydrogen-bond acceptors (Lipinski definition) is 5. The molecule has 0 spiro atoms. The SMILES string of the molecule is COC(=O)/C(Cc1ccccc1)=C(\Cc1ccccc1)OS(=O)(=O)C(F)(F)F. The molecule has 0 radical (unpaired) electrons. The molecule has 2 aromatic rings. The highest BCUT2D eigenvalue weighted by molar-refractivity contribution is 7.87. The van der Waals surface area contributed by atoms with Crippen molar-refractivity contribution in [1.82, 2.24) is 0 Å². The summed E-state index contributed by atoms with van der Waals surface area (Å²) in [5.41, 5.74) is -4.92. The van der Waals surface area contributed by atoms with Crippen LogP contribution in [0.2, 0.25) is 0 Å². The van der Waals surface area contributed by atoms with E-state index in [1.807, 2.05) is 0 Å². The largest absolute Gasteiger partial charge is 0.534 e. The Hall–Kier alpha value is -2.81. The van der Waals surface area contributed by atoms with Gasteiger partial charge in [0.1, 0.15) is 5.76 Å². The summed E-state index contributed by atoms with van der Waals surface area (Å²) in [4.78, 5) is 12.2. The second-order valence-electron chi connectivity index (χ2n) is 5.70. The number of ether oxygens (including phenoxy) is 1. The molecule has 0 aliphatic rings. The summed E-state index contributed by atoms with van der Waals surface area (Å²) in [5, 5.41) is 0. The van der Waals surface area contributed by atoms with Gasteiger partial charge in [0.15, 0.2) is 0 Å². The number of benzene rings is 2. The highest BCUT2D eigenvalue weighted by Crippen LogP contribution is 2.29. The van der Waals surface area contributed by atoms with Gasteiger partial charge in [-0.3, -0.25) is 0 Å². The number of hydrogen-bond donors (Lipinski definition) is 0. The van der Waals surface area contributed by atoms with Gasteiger partial charge in [-0.25, -0.2) is 4.79 Å². The van der Waals surface area contributed by atoms with Crippen LogP contribution in [0.3, 0.4) is 0 Å². The maximum atomic E-state index is 12.9. The third-order valence-corrected chi connectivity index (χ3v) is 4.68. The van der Waals surface area contributed by atoms with Gasteiger partial charge in [-0.15, -0.1) is 0 Å². The zero-order valence-electron chi connectivity index (χ0n) is 14.8. The molecule has 0 saturated carbocycles. The predicted octanol–water partition coefficient (Wildman–Crippen LogP) is 3.77. The molecule has 0 N–H and O–H groups in total. The molecule has 2 rings (SSSR count). The van der Waals surface area contributed by atoms with E-state index < -0.39 is 27.4 Å². The van der Waals surface area contributed by atoms with E-state index in [1.54, 1.807) is 60.7 Å². The van der Waals surface area contributed by atoms with Crippen LogP contribution in [0.5, 0.6) is 0 Å². The molecule has 0 bridgehead atoms. The van der Waals surface area contributed by atoms with Crippen molar-refractivity contribution in [2.45, 2.75) is 18.3 Å². The first-order chi connectivity index (χ1) is 13.1. The van der Waals surface area contributed by atoms with Crippen LogP contribution < -0.4 is 0 Å². The third-order valence-electron chi connectivity index (χ3n) is 3.69. The summed E-state index contributed by atoms with van der Waals surface area (Å²) in [7, 11) is -4.91. The molecule has 9 heteroatoms. The molecule has 0 fully saturated rings. The monoisotopic (exact) mass is 414 g/mol. The molecule has 0 heterocycles. The van der Waals surface area contributed by atoms with Crippen LogP contribution in [0, 0.1) is 0 Å². The lowest BCUT2D eigenvalue weighted by atomic mass is 10.0. The zero-order valence-corrected chi connectivity index (χ0v) is 15.6. The highest BCUT2D eigenvalue weighted by Gasteiger charge is 2.49.